The summed E-state index contributed by atoms with van der Waals surface area (Å²) in [5.41, 5.74) is 12.6. The molecule has 1 aromatic heterocycles. The van der Waals surface area contributed by atoms with Gasteiger partial charge in [-0.3, -0.25) is 9.78 Å². The summed E-state index contributed by atoms with van der Waals surface area (Å²) in [4.78, 5) is 20.3. The average molecular weight is 361 g/mol. The molecular formula is C22H23N3O2. The van der Waals surface area contributed by atoms with Crippen LogP contribution in [0.1, 0.15) is 23.4 Å². The van der Waals surface area contributed by atoms with Crippen LogP contribution in [0.3, 0.4) is 0 Å². The quantitative estimate of drug-likeness (QED) is 0.692. The number of carbonyl (C=O) groups excluding carboxylic acids is 1. The molecule has 0 unspecified atom stereocenters. The molecule has 5 nitrogen and oxygen atoms in total. The summed E-state index contributed by atoms with van der Waals surface area (Å²) in [6, 6.07) is 16.4. The second kappa shape index (κ2) is 7.99. The highest BCUT2D eigenvalue weighted by Crippen LogP contribution is 2.27. The maximum atomic E-state index is 11.3. The van der Waals surface area contributed by atoms with E-state index in [1.54, 1.807) is 0 Å². The van der Waals surface area contributed by atoms with E-state index in [4.69, 9.17) is 10.5 Å². The molecule has 2 aromatic carbocycles. The molecule has 0 saturated heterocycles. The third kappa shape index (κ3) is 4.31. The van der Waals surface area contributed by atoms with Gasteiger partial charge in [0, 0.05) is 12.0 Å². The van der Waals surface area contributed by atoms with Crippen LogP contribution >= 0.6 is 0 Å². The van der Waals surface area contributed by atoms with E-state index in [2.05, 4.69) is 34.2 Å². The van der Waals surface area contributed by atoms with Crippen molar-refractivity contribution in [3.8, 4) is 22.4 Å². The molecule has 5 heteroatoms. The molecule has 0 aliphatic heterocycles. The Hall–Kier alpha value is -3.21. The first-order valence-electron chi connectivity index (χ1n) is 8.85. The molecule has 0 amide bonds. The van der Waals surface area contributed by atoms with Gasteiger partial charge in [0.2, 0.25) is 0 Å². The zero-order chi connectivity index (χ0) is 19.4. The van der Waals surface area contributed by atoms with Crippen LogP contribution in [0.25, 0.3) is 22.4 Å². The van der Waals surface area contributed by atoms with E-state index in [1.165, 1.54) is 7.11 Å². The van der Waals surface area contributed by atoms with Crippen molar-refractivity contribution >= 4 is 11.8 Å². The van der Waals surface area contributed by atoms with Crippen LogP contribution in [0.15, 0.2) is 48.5 Å². The number of hydrogen-bond donors (Lipinski definition) is 1. The Morgan fingerprint density at radius 3 is 2.37 bits per heavy atom. The Labute approximate surface area is 159 Å². The Balaban J connectivity index is 1.84. The van der Waals surface area contributed by atoms with Gasteiger partial charge in [-0.15, -0.1) is 0 Å². The Kier molecular flexibility index (Phi) is 5.50. The fourth-order valence-corrected chi connectivity index (χ4v) is 2.99. The van der Waals surface area contributed by atoms with Crippen molar-refractivity contribution in [3.05, 3.63) is 65.5 Å². The monoisotopic (exact) mass is 361 g/mol. The number of aromatic nitrogens is 2. The molecule has 27 heavy (non-hydrogen) atoms. The van der Waals surface area contributed by atoms with Crippen LogP contribution in [0.5, 0.6) is 0 Å². The standard InChI is InChI=1S/C22H23N3O2/c1-14-21(25-22(23)15(2)24-14)18-10-8-17(9-11-18)19-6-4-5-16(13-19)7-12-20(26)27-3/h4-6,8-11,13H,7,12H2,1-3H3,(H2,23,25). The zero-order valence-electron chi connectivity index (χ0n) is 15.8. The molecule has 0 bridgehead atoms. The molecule has 0 spiro atoms. The molecule has 0 radical (unpaired) electrons. The summed E-state index contributed by atoms with van der Waals surface area (Å²) in [7, 11) is 1.41. The number of methoxy groups -OCH3 is 1. The van der Waals surface area contributed by atoms with Crippen molar-refractivity contribution in [2.45, 2.75) is 26.7 Å². The highest BCUT2D eigenvalue weighted by Gasteiger charge is 2.09. The normalized spacial score (nSPS) is 10.6. The second-order valence-corrected chi connectivity index (χ2v) is 6.48. The molecule has 2 N–H and O–H groups in total. The van der Waals surface area contributed by atoms with Crippen molar-refractivity contribution in [2.24, 2.45) is 0 Å². The van der Waals surface area contributed by atoms with Crippen LogP contribution in [-0.4, -0.2) is 23.0 Å². The molecule has 3 rings (SSSR count). The summed E-state index contributed by atoms with van der Waals surface area (Å²) in [6.07, 6.45) is 1.04. The van der Waals surface area contributed by atoms with Crippen molar-refractivity contribution in [1.29, 1.82) is 0 Å². The van der Waals surface area contributed by atoms with Gasteiger partial charge in [-0.25, -0.2) is 4.98 Å². The number of esters is 1. The fourth-order valence-electron chi connectivity index (χ4n) is 2.99. The highest BCUT2D eigenvalue weighted by molar-refractivity contribution is 5.71. The summed E-state index contributed by atoms with van der Waals surface area (Å²) in [5, 5.41) is 0. The Bertz CT molecular complexity index is 966. The van der Waals surface area contributed by atoms with Crippen molar-refractivity contribution < 1.29 is 9.53 Å². The van der Waals surface area contributed by atoms with Crippen LogP contribution < -0.4 is 5.73 Å². The smallest absolute Gasteiger partial charge is 0.305 e. The fraction of sp³-hybridized carbons (Fsp3) is 0.227. The molecule has 0 saturated carbocycles. The van der Waals surface area contributed by atoms with E-state index in [9.17, 15) is 4.79 Å². The molecule has 1 heterocycles. The molecule has 138 valence electrons. The lowest BCUT2D eigenvalue weighted by Gasteiger charge is -2.09. The number of carbonyl (C=O) groups is 1. The third-order valence-corrected chi connectivity index (χ3v) is 4.55. The number of hydrogen-bond acceptors (Lipinski definition) is 5. The van der Waals surface area contributed by atoms with Crippen molar-refractivity contribution in [1.82, 2.24) is 9.97 Å². The summed E-state index contributed by atoms with van der Waals surface area (Å²) in [6.45, 7) is 3.79. The van der Waals surface area contributed by atoms with Gasteiger partial charge in [-0.05, 0) is 37.0 Å². The number of nitrogens with two attached hydrogens (primary N) is 1. The number of aryl methyl sites for hydroxylation is 3. The van der Waals surface area contributed by atoms with Gasteiger partial charge >= 0.3 is 5.97 Å². The van der Waals surface area contributed by atoms with E-state index >= 15 is 0 Å². The van der Waals surface area contributed by atoms with Crippen LogP contribution in [0.4, 0.5) is 5.82 Å². The lowest BCUT2D eigenvalue weighted by atomic mass is 9.99. The molecule has 0 aliphatic rings. The minimum Gasteiger partial charge on any atom is -0.469 e. The maximum absolute atomic E-state index is 11.3. The van der Waals surface area contributed by atoms with Gasteiger partial charge in [0.25, 0.3) is 0 Å². The van der Waals surface area contributed by atoms with Gasteiger partial charge in [-0.1, -0.05) is 48.5 Å². The van der Waals surface area contributed by atoms with E-state index in [0.717, 1.165) is 39.3 Å². The van der Waals surface area contributed by atoms with E-state index in [-0.39, 0.29) is 5.97 Å². The number of benzene rings is 2. The van der Waals surface area contributed by atoms with E-state index in [1.807, 2.05) is 38.1 Å². The Morgan fingerprint density at radius 2 is 1.67 bits per heavy atom. The van der Waals surface area contributed by atoms with E-state index < -0.39 is 0 Å². The summed E-state index contributed by atoms with van der Waals surface area (Å²) in [5.74, 6) is 0.261. The van der Waals surface area contributed by atoms with E-state index in [0.29, 0.717) is 18.7 Å². The van der Waals surface area contributed by atoms with Crippen LogP contribution in [-0.2, 0) is 16.0 Å². The highest BCUT2D eigenvalue weighted by atomic mass is 16.5. The molecule has 3 aromatic rings. The van der Waals surface area contributed by atoms with Crippen molar-refractivity contribution in [3.63, 3.8) is 0 Å². The van der Waals surface area contributed by atoms with Gasteiger partial charge in [0.15, 0.2) is 0 Å². The van der Waals surface area contributed by atoms with Gasteiger partial charge in [0.1, 0.15) is 5.82 Å². The first-order valence-corrected chi connectivity index (χ1v) is 8.85. The third-order valence-electron chi connectivity index (χ3n) is 4.55. The lowest BCUT2D eigenvalue weighted by molar-refractivity contribution is -0.140. The number of nitrogen functional groups attached to an aromatic ring is 1. The number of nitrogens with zero attached hydrogens (tertiary/aromatic N) is 2. The second-order valence-electron chi connectivity index (χ2n) is 6.48. The predicted octanol–water partition coefficient (Wildman–Crippen LogP) is 4.12. The minimum absolute atomic E-state index is 0.196. The van der Waals surface area contributed by atoms with Gasteiger partial charge in [-0.2, -0.15) is 0 Å². The van der Waals surface area contributed by atoms with Crippen LogP contribution in [0.2, 0.25) is 0 Å². The summed E-state index contributed by atoms with van der Waals surface area (Å²) < 4.78 is 4.71. The average Bonchev–Trinajstić information content (AvgIpc) is 2.69. The number of ether oxygens (including phenoxy) is 1. The first kappa shape index (κ1) is 18.6. The van der Waals surface area contributed by atoms with Gasteiger partial charge in [0.05, 0.1) is 24.2 Å². The summed E-state index contributed by atoms with van der Waals surface area (Å²) >= 11 is 0. The SMILES string of the molecule is COC(=O)CCc1cccc(-c2ccc(-c3nc(N)c(C)nc3C)cc2)c1. The largest absolute Gasteiger partial charge is 0.469 e. The predicted molar refractivity (Wildman–Crippen MR) is 107 cm³/mol. The molecule has 0 atom stereocenters. The number of anilines is 1. The number of rotatable bonds is 5. The van der Waals surface area contributed by atoms with Gasteiger partial charge < -0.3 is 10.5 Å². The maximum Gasteiger partial charge on any atom is 0.305 e. The molecule has 0 fully saturated rings. The molecular weight excluding hydrogens is 338 g/mol. The lowest BCUT2D eigenvalue weighted by Crippen LogP contribution is -2.02. The minimum atomic E-state index is -0.196. The Morgan fingerprint density at radius 1 is 0.963 bits per heavy atom. The molecule has 0 aliphatic carbocycles. The van der Waals surface area contributed by atoms with Crippen molar-refractivity contribution in [2.75, 3.05) is 12.8 Å². The zero-order valence-corrected chi connectivity index (χ0v) is 15.8. The van der Waals surface area contributed by atoms with Crippen LogP contribution in [0, 0.1) is 13.8 Å². The topological polar surface area (TPSA) is 78.1 Å². The first-order chi connectivity index (χ1) is 13.0.